The molecule has 1 fully saturated rings. The molecule has 0 spiro atoms. The van der Waals surface area contributed by atoms with Gasteiger partial charge in [-0.3, -0.25) is 4.90 Å². The van der Waals surface area contributed by atoms with Crippen molar-refractivity contribution < 1.29 is 14.3 Å². The van der Waals surface area contributed by atoms with E-state index < -0.39 is 5.97 Å². The third-order valence-electron chi connectivity index (χ3n) is 3.90. The molecule has 0 aliphatic heterocycles. The molecule has 0 saturated heterocycles. The average molecular weight is 251 g/mol. The predicted molar refractivity (Wildman–Crippen MR) is 68.6 cm³/mol. The van der Waals surface area contributed by atoms with Gasteiger partial charge in [0.15, 0.2) is 0 Å². The molecule has 0 bridgehead atoms. The highest BCUT2D eigenvalue weighted by Gasteiger charge is 2.24. The second kappa shape index (κ2) is 5.57. The quantitative estimate of drug-likeness (QED) is 0.893. The van der Waals surface area contributed by atoms with E-state index in [1.54, 1.807) is 0 Å². The van der Waals surface area contributed by atoms with Crippen LogP contribution in [0.1, 0.15) is 48.7 Å². The number of nitrogens with zero attached hydrogens (tertiary/aromatic N) is 1. The fraction of sp³-hybridized carbons (Fsp3) is 0.643. The average Bonchev–Trinajstić information content (AvgIpc) is 2.77. The number of carbonyl (C=O) groups is 1. The summed E-state index contributed by atoms with van der Waals surface area (Å²) in [6.45, 7) is 2.86. The van der Waals surface area contributed by atoms with Crippen molar-refractivity contribution in [3.63, 3.8) is 0 Å². The Morgan fingerprint density at radius 3 is 3.00 bits per heavy atom. The summed E-state index contributed by atoms with van der Waals surface area (Å²) in [5, 5.41) is 9.04. The summed E-state index contributed by atoms with van der Waals surface area (Å²) in [7, 11) is 2.05. The largest absolute Gasteiger partial charge is 0.478 e. The first-order valence-electron chi connectivity index (χ1n) is 6.58. The third kappa shape index (κ3) is 2.93. The lowest BCUT2D eigenvalue weighted by atomic mass is 9.86. The Balaban J connectivity index is 2.00. The van der Waals surface area contributed by atoms with Crippen molar-refractivity contribution in [3.8, 4) is 0 Å². The van der Waals surface area contributed by atoms with Crippen LogP contribution in [0.3, 0.4) is 0 Å². The van der Waals surface area contributed by atoms with Crippen molar-refractivity contribution in [1.29, 1.82) is 0 Å². The van der Waals surface area contributed by atoms with Crippen LogP contribution in [0, 0.1) is 5.92 Å². The van der Waals surface area contributed by atoms with E-state index >= 15 is 0 Å². The molecular weight excluding hydrogens is 230 g/mol. The summed E-state index contributed by atoms with van der Waals surface area (Å²) in [4.78, 5) is 13.2. The van der Waals surface area contributed by atoms with E-state index in [-0.39, 0.29) is 5.56 Å². The Morgan fingerprint density at radius 1 is 1.56 bits per heavy atom. The van der Waals surface area contributed by atoms with Crippen molar-refractivity contribution in [2.24, 2.45) is 5.92 Å². The van der Waals surface area contributed by atoms with E-state index in [2.05, 4.69) is 18.9 Å². The molecule has 1 aliphatic carbocycles. The molecular formula is C14H21NO3. The normalized spacial score (nSPS) is 24.4. The molecule has 2 unspecified atom stereocenters. The van der Waals surface area contributed by atoms with Crippen molar-refractivity contribution in [1.82, 2.24) is 4.90 Å². The fourth-order valence-electron chi connectivity index (χ4n) is 2.81. The van der Waals surface area contributed by atoms with E-state index in [9.17, 15) is 4.79 Å². The Hall–Kier alpha value is -1.29. The van der Waals surface area contributed by atoms with Gasteiger partial charge in [0.1, 0.15) is 11.3 Å². The molecule has 1 N–H and O–H groups in total. The Labute approximate surface area is 108 Å². The first-order valence-corrected chi connectivity index (χ1v) is 6.58. The van der Waals surface area contributed by atoms with Crippen LogP contribution in [-0.4, -0.2) is 29.1 Å². The number of hydrogen-bond acceptors (Lipinski definition) is 3. The molecule has 0 amide bonds. The van der Waals surface area contributed by atoms with Crippen LogP contribution in [0.25, 0.3) is 0 Å². The Bertz CT molecular complexity index is 413. The molecule has 1 aromatic heterocycles. The van der Waals surface area contributed by atoms with Gasteiger partial charge in [0, 0.05) is 6.04 Å². The van der Waals surface area contributed by atoms with Gasteiger partial charge in [0.25, 0.3) is 0 Å². The fourth-order valence-corrected chi connectivity index (χ4v) is 2.81. The van der Waals surface area contributed by atoms with E-state index in [0.29, 0.717) is 18.3 Å². The minimum Gasteiger partial charge on any atom is -0.478 e. The maximum absolute atomic E-state index is 11.0. The van der Waals surface area contributed by atoms with Crippen molar-refractivity contribution in [3.05, 3.63) is 23.7 Å². The van der Waals surface area contributed by atoms with Gasteiger partial charge in [0.2, 0.25) is 0 Å². The van der Waals surface area contributed by atoms with Crippen LogP contribution in [0.4, 0.5) is 0 Å². The second-order valence-electron chi connectivity index (χ2n) is 5.40. The van der Waals surface area contributed by atoms with Gasteiger partial charge in [0.05, 0.1) is 12.8 Å². The van der Waals surface area contributed by atoms with Crippen molar-refractivity contribution >= 4 is 5.97 Å². The molecule has 1 aliphatic rings. The minimum absolute atomic E-state index is 0.283. The number of carboxylic acid groups (broad SMARTS) is 1. The van der Waals surface area contributed by atoms with Crippen LogP contribution in [0.5, 0.6) is 0 Å². The van der Waals surface area contributed by atoms with Gasteiger partial charge in [-0.2, -0.15) is 0 Å². The molecule has 18 heavy (non-hydrogen) atoms. The first-order chi connectivity index (χ1) is 8.58. The predicted octanol–water partition coefficient (Wildman–Crippen LogP) is 2.99. The molecule has 1 saturated carbocycles. The van der Waals surface area contributed by atoms with E-state index in [1.807, 2.05) is 0 Å². The van der Waals surface area contributed by atoms with Crippen LogP contribution in [0.15, 0.2) is 16.7 Å². The summed E-state index contributed by atoms with van der Waals surface area (Å²) in [6.07, 6.45) is 6.42. The smallest absolute Gasteiger partial charge is 0.339 e. The van der Waals surface area contributed by atoms with E-state index in [0.717, 1.165) is 5.92 Å². The number of rotatable bonds is 4. The molecule has 2 atom stereocenters. The number of aromatic carboxylic acids is 1. The van der Waals surface area contributed by atoms with Crippen molar-refractivity contribution in [2.45, 2.75) is 45.2 Å². The molecule has 0 radical (unpaired) electrons. The van der Waals surface area contributed by atoms with E-state index in [4.69, 9.17) is 9.52 Å². The number of carboxylic acids is 1. The van der Waals surface area contributed by atoms with Gasteiger partial charge >= 0.3 is 5.97 Å². The summed E-state index contributed by atoms with van der Waals surface area (Å²) in [6, 6.07) is 2.06. The Kier molecular flexibility index (Phi) is 4.07. The van der Waals surface area contributed by atoms with Crippen LogP contribution in [0.2, 0.25) is 0 Å². The minimum atomic E-state index is -0.913. The highest BCUT2D eigenvalue weighted by molar-refractivity contribution is 5.88. The zero-order valence-corrected chi connectivity index (χ0v) is 11.1. The second-order valence-corrected chi connectivity index (χ2v) is 5.40. The number of hydrogen-bond donors (Lipinski definition) is 1. The summed E-state index contributed by atoms with van der Waals surface area (Å²) in [5.74, 6) is 0.411. The highest BCUT2D eigenvalue weighted by atomic mass is 16.4. The standard InChI is InChI=1S/C14H21NO3/c1-10-4-3-5-11(8-10)15(2)9-13-12(14(16)17)6-7-18-13/h6-7,10-11H,3-5,8-9H2,1-2H3,(H,16,17). The van der Waals surface area contributed by atoms with Gasteiger partial charge in [-0.15, -0.1) is 0 Å². The zero-order valence-electron chi connectivity index (χ0n) is 11.1. The highest BCUT2D eigenvalue weighted by Crippen LogP contribution is 2.27. The molecule has 1 aromatic rings. The van der Waals surface area contributed by atoms with Gasteiger partial charge in [-0.1, -0.05) is 19.8 Å². The summed E-state index contributed by atoms with van der Waals surface area (Å²) >= 11 is 0. The first kappa shape index (κ1) is 13.1. The molecule has 100 valence electrons. The lowest BCUT2D eigenvalue weighted by molar-refractivity contribution is 0.0690. The molecule has 2 rings (SSSR count). The van der Waals surface area contributed by atoms with Gasteiger partial charge < -0.3 is 9.52 Å². The molecule has 4 heteroatoms. The van der Waals surface area contributed by atoms with Crippen molar-refractivity contribution in [2.75, 3.05) is 7.05 Å². The summed E-state index contributed by atoms with van der Waals surface area (Å²) < 4.78 is 5.29. The molecule has 4 nitrogen and oxygen atoms in total. The van der Waals surface area contributed by atoms with Gasteiger partial charge in [-0.25, -0.2) is 4.79 Å². The van der Waals surface area contributed by atoms with Crippen LogP contribution in [-0.2, 0) is 6.54 Å². The lowest BCUT2D eigenvalue weighted by Gasteiger charge is -2.33. The van der Waals surface area contributed by atoms with E-state index in [1.165, 1.54) is 38.0 Å². The Morgan fingerprint density at radius 2 is 2.33 bits per heavy atom. The zero-order chi connectivity index (χ0) is 13.1. The lowest BCUT2D eigenvalue weighted by Crippen LogP contribution is -2.35. The topological polar surface area (TPSA) is 53.7 Å². The maximum atomic E-state index is 11.0. The summed E-state index contributed by atoms with van der Waals surface area (Å²) in [5.41, 5.74) is 0.283. The van der Waals surface area contributed by atoms with Crippen LogP contribution >= 0.6 is 0 Å². The van der Waals surface area contributed by atoms with Gasteiger partial charge in [-0.05, 0) is 31.9 Å². The maximum Gasteiger partial charge on any atom is 0.339 e. The van der Waals surface area contributed by atoms with Crippen LogP contribution < -0.4 is 0 Å². The SMILES string of the molecule is CC1CCCC(N(C)Cc2occc2C(=O)O)C1. The number of furan rings is 1. The monoisotopic (exact) mass is 251 g/mol. The third-order valence-corrected chi connectivity index (χ3v) is 3.90. The molecule has 0 aromatic carbocycles. The molecule has 1 heterocycles.